The van der Waals surface area contributed by atoms with Crippen molar-refractivity contribution in [2.75, 3.05) is 5.32 Å². The standard InChI is InChI=1S/C18H17N3O2S/c19-18(23)13-3-5-15(6-4-13)20-17(22)11-16(14-7-10-24-12-14)21-8-1-2-9-21/h1-10,12,16H,11H2,(H2,19,23)(H,20,22). The van der Waals surface area contributed by atoms with Crippen LogP contribution in [-0.2, 0) is 4.79 Å². The number of carbonyl (C=O) groups excluding carboxylic acids is 2. The molecule has 6 heteroatoms. The number of benzene rings is 1. The minimum atomic E-state index is -0.488. The van der Waals surface area contributed by atoms with Crippen molar-refractivity contribution in [2.24, 2.45) is 5.73 Å². The molecule has 0 radical (unpaired) electrons. The molecule has 2 heterocycles. The summed E-state index contributed by atoms with van der Waals surface area (Å²) in [5.41, 5.74) is 7.37. The van der Waals surface area contributed by atoms with E-state index in [0.717, 1.165) is 5.56 Å². The first kappa shape index (κ1) is 16.0. The number of nitrogens with two attached hydrogens (primary N) is 1. The molecule has 1 aromatic carbocycles. The third kappa shape index (κ3) is 3.72. The Morgan fingerprint density at radius 3 is 2.42 bits per heavy atom. The zero-order valence-corrected chi connectivity index (χ0v) is 13.7. The van der Waals surface area contributed by atoms with Gasteiger partial charge in [-0.3, -0.25) is 9.59 Å². The van der Waals surface area contributed by atoms with Crippen LogP contribution < -0.4 is 11.1 Å². The van der Waals surface area contributed by atoms with E-state index in [-0.39, 0.29) is 11.9 Å². The lowest BCUT2D eigenvalue weighted by Gasteiger charge is -2.18. The van der Waals surface area contributed by atoms with E-state index in [1.807, 2.05) is 40.5 Å². The highest BCUT2D eigenvalue weighted by Crippen LogP contribution is 2.25. The Morgan fingerprint density at radius 2 is 1.83 bits per heavy atom. The monoisotopic (exact) mass is 339 g/mol. The topological polar surface area (TPSA) is 77.1 Å². The number of nitrogens with zero attached hydrogens (tertiary/aromatic N) is 1. The van der Waals surface area contributed by atoms with Gasteiger partial charge in [0.2, 0.25) is 11.8 Å². The summed E-state index contributed by atoms with van der Waals surface area (Å²) in [4.78, 5) is 23.5. The molecular weight excluding hydrogens is 322 g/mol. The molecule has 2 amide bonds. The summed E-state index contributed by atoms with van der Waals surface area (Å²) in [7, 11) is 0. The molecule has 0 spiro atoms. The Hall–Kier alpha value is -2.86. The second kappa shape index (κ2) is 7.14. The fraction of sp³-hybridized carbons (Fsp3) is 0.111. The zero-order valence-electron chi connectivity index (χ0n) is 12.9. The molecule has 0 bridgehead atoms. The minimum Gasteiger partial charge on any atom is -0.366 e. The number of anilines is 1. The predicted octanol–water partition coefficient (Wildman–Crippen LogP) is 3.27. The Labute approximate surface area is 143 Å². The molecule has 3 N–H and O–H groups in total. The molecule has 0 fully saturated rings. The van der Waals surface area contributed by atoms with E-state index in [2.05, 4.69) is 10.7 Å². The SMILES string of the molecule is NC(=O)c1ccc(NC(=O)CC(c2ccsc2)n2cccc2)cc1. The van der Waals surface area contributed by atoms with Crippen molar-refractivity contribution in [2.45, 2.75) is 12.5 Å². The van der Waals surface area contributed by atoms with Crippen molar-refractivity contribution >= 4 is 28.8 Å². The maximum atomic E-state index is 12.4. The van der Waals surface area contributed by atoms with Crippen LogP contribution in [0.4, 0.5) is 5.69 Å². The first-order valence-corrected chi connectivity index (χ1v) is 8.42. The van der Waals surface area contributed by atoms with Gasteiger partial charge >= 0.3 is 0 Å². The second-order valence-electron chi connectivity index (χ2n) is 5.40. The van der Waals surface area contributed by atoms with E-state index in [4.69, 9.17) is 5.73 Å². The number of carbonyl (C=O) groups is 2. The number of primary amides is 1. The number of amides is 2. The van der Waals surface area contributed by atoms with E-state index in [1.165, 1.54) is 0 Å². The second-order valence-corrected chi connectivity index (χ2v) is 6.18. The number of hydrogen-bond acceptors (Lipinski definition) is 3. The normalized spacial score (nSPS) is 11.8. The lowest BCUT2D eigenvalue weighted by Crippen LogP contribution is -2.19. The van der Waals surface area contributed by atoms with Gasteiger partial charge in [0.1, 0.15) is 0 Å². The molecule has 0 saturated heterocycles. The molecule has 1 unspecified atom stereocenters. The van der Waals surface area contributed by atoms with Crippen LogP contribution in [0.15, 0.2) is 65.6 Å². The Kier molecular flexibility index (Phi) is 4.77. The third-order valence-electron chi connectivity index (χ3n) is 3.75. The van der Waals surface area contributed by atoms with Gasteiger partial charge in [-0.2, -0.15) is 11.3 Å². The smallest absolute Gasteiger partial charge is 0.248 e. The van der Waals surface area contributed by atoms with Gasteiger partial charge in [-0.1, -0.05) is 0 Å². The van der Waals surface area contributed by atoms with Crippen LogP contribution >= 0.6 is 11.3 Å². The molecule has 0 aliphatic heterocycles. The number of nitrogens with one attached hydrogen (secondary N) is 1. The van der Waals surface area contributed by atoms with Gasteiger partial charge in [-0.15, -0.1) is 0 Å². The summed E-state index contributed by atoms with van der Waals surface area (Å²) in [6, 6.07) is 12.4. The third-order valence-corrected chi connectivity index (χ3v) is 4.45. The van der Waals surface area contributed by atoms with Crippen molar-refractivity contribution in [3.05, 3.63) is 76.7 Å². The van der Waals surface area contributed by atoms with Gasteiger partial charge < -0.3 is 15.6 Å². The molecule has 122 valence electrons. The molecule has 5 nitrogen and oxygen atoms in total. The summed E-state index contributed by atoms with van der Waals surface area (Å²) in [6.07, 6.45) is 4.23. The number of aromatic nitrogens is 1. The predicted molar refractivity (Wildman–Crippen MR) is 95.1 cm³/mol. The lowest BCUT2D eigenvalue weighted by atomic mass is 10.1. The van der Waals surface area contributed by atoms with Crippen LogP contribution in [0.1, 0.15) is 28.4 Å². The van der Waals surface area contributed by atoms with Crippen molar-refractivity contribution in [3.63, 3.8) is 0 Å². The highest BCUT2D eigenvalue weighted by Gasteiger charge is 2.18. The number of thiophene rings is 1. The van der Waals surface area contributed by atoms with Crippen LogP contribution in [0, 0.1) is 0 Å². The highest BCUT2D eigenvalue weighted by molar-refractivity contribution is 7.08. The van der Waals surface area contributed by atoms with Crippen LogP contribution in [0.5, 0.6) is 0 Å². The molecule has 0 aliphatic carbocycles. The fourth-order valence-electron chi connectivity index (χ4n) is 2.52. The summed E-state index contributed by atoms with van der Waals surface area (Å²) in [5.74, 6) is -0.579. The van der Waals surface area contributed by atoms with Gasteiger partial charge in [0.15, 0.2) is 0 Å². The zero-order chi connectivity index (χ0) is 16.9. The van der Waals surface area contributed by atoms with Gasteiger partial charge in [-0.25, -0.2) is 0 Å². The molecule has 3 aromatic rings. The van der Waals surface area contributed by atoms with Crippen molar-refractivity contribution in [3.8, 4) is 0 Å². The average Bonchev–Trinajstić information content (AvgIpc) is 3.27. The van der Waals surface area contributed by atoms with Crippen molar-refractivity contribution < 1.29 is 9.59 Å². The molecule has 24 heavy (non-hydrogen) atoms. The largest absolute Gasteiger partial charge is 0.366 e. The van der Waals surface area contributed by atoms with Gasteiger partial charge in [0.05, 0.1) is 12.5 Å². The van der Waals surface area contributed by atoms with Crippen molar-refractivity contribution in [1.82, 2.24) is 4.57 Å². The average molecular weight is 339 g/mol. The Balaban J connectivity index is 1.71. The van der Waals surface area contributed by atoms with Gasteiger partial charge in [-0.05, 0) is 58.8 Å². The van der Waals surface area contributed by atoms with Gasteiger partial charge in [0, 0.05) is 23.6 Å². The van der Waals surface area contributed by atoms with E-state index in [1.54, 1.807) is 35.6 Å². The maximum absolute atomic E-state index is 12.4. The molecule has 0 saturated carbocycles. The van der Waals surface area contributed by atoms with Crippen LogP contribution in [0.2, 0.25) is 0 Å². The number of rotatable bonds is 6. The van der Waals surface area contributed by atoms with Crippen LogP contribution in [-0.4, -0.2) is 16.4 Å². The van der Waals surface area contributed by atoms with E-state index in [0.29, 0.717) is 17.7 Å². The highest BCUT2D eigenvalue weighted by atomic mass is 32.1. The summed E-state index contributed by atoms with van der Waals surface area (Å²) in [6.45, 7) is 0. The Morgan fingerprint density at radius 1 is 1.12 bits per heavy atom. The molecule has 0 aliphatic rings. The molecule has 3 rings (SSSR count). The van der Waals surface area contributed by atoms with Crippen LogP contribution in [0.3, 0.4) is 0 Å². The van der Waals surface area contributed by atoms with Crippen LogP contribution in [0.25, 0.3) is 0 Å². The van der Waals surface area contributed by atoms with Gasteiger partial charge in [0.25, 0.3) is 0 Å². The molecule has 2 aromatic heterocycles. The Bertz CT molecular complexity index is 774. The quantitative estimate of drug-likeness (QED) is 0.723. The lowest BCUT2D eigenvalue weighted by molar-refractivity contribution is -0.116. The summed E-state index contributed by atoms with van der Waals surface area (Å²) < 4.78 is 2.03. The van der Waals surface area contributed by atoms with E-state index < -0.39 is 5.91 Å². The summed E-state index contributed by atoms with van der Waals surface area (Å²) in [5, 5.41) is 6.92. The maximum Gasteiger partial charge on any atom is 0.248 e. The number of hydrogen-bond donors (Lipinski definition) is 2. The van der Waals surface area contributed by atoms with Crippen molar-refractivity contribution in [1.29, 1.82) is 0 Å². The fourth-order valence-corrected chi connectivity index (χ4v) is 3.23. The molecular formula is C18H17N3O2S. The van der Waals surface area contributed by atoms with E-state index in [9.17, 15) is 9.59 Å². The first-order valence-electron chi connectivity index (χ1n) is 7.48. The molecule has 1 atom stereocenters. The van der Waals surface area contributed by atoms with E-state index >= 15 is 0 Å². The minimum absolute atomic E-state index is 0.0452. The first-order chi connectivity index (χ1) is 11.6. The summed E-state index contributed by atoms with van der Waals surface area (Å²) >= 11 is 1.61.